The Hall–Kier alpha value is -0.730. The molecule has 19 heavy (non-hydrogen) atoms. The van der Waals surface area contributed by atoms with Crippen LogP contribution in [0, 0.1) is 5.92 Å². The Balaban J connectivity index is 2.13. The Morgan fingerprint density at radius 1 is 1.37 bits per heavy atom. The zero-order valence-electron chi connectivity index (χ0n) is 11.1. The third kappa shape index (κ3) is 2.36. The summed E-state index contributed by atoms with van der Waals surface area (Å²) in [6.45, 7) is 2.33. The van der Waals surface area contributed by atoms with E-state index in [1.54, 1.807) is 0 Å². The summed E-state index contributed by atoms with van der Waals surface area (Å²) < 4.78 is 2.32. The van der Waals surface area contributed by atoms with E-state index in [1.807, 2.05) is 12.1 Å². The summed E-state index contributed by atoms with van der Waals surface area (Å²) >= 11 is 12.3. The summed E-state index contributed by atoms with van der Waals surface area (Å²) in [5, 5.41) is 0.714. The smallest absolute Gasteiger partial charge is 0.125 e. The summed E-state index contributed by atoms with van der Waals surface area (Å²) in [7, 11) is 0. The summed E-state index contributed by atoms with van der Waals surface area (Å²) in [6, 6.07) is 6.50. The molecule has 2 aromatic rings. The monoisotopic (exact) mass is 296 g/mol. The fourth-order valence-electron chi connectivity index (χ4n) is 3.27. The van der Waals surface area contributed by atoms with Gasteiger partial charge in [-0.15, -0.1) is 11.6 Å². The van der Waals surface area contributed by atoms with Crippen LogP contribution in [0.1, 0.15) is 44.5 Å². The maximum atomic E-state index is 6.25. The molecular weight excluding hydrogens is 279 g/mol. The lowest BCUT2D eigenvalue weighted by molar-refractivity contribution is 0.283. The number of alkyl halides is 1. The van der Waals surface area contributed by atoms with E-state index >= 15 is 0 Å². The summed E-state index contributed by atoms with van der Waals surface area (Å²) in [4.78, 5) is 4.63. The zero-order chi connectivity index (χ0) is 13.4. The SMILES string of the molecule is CC1CCCC(n2c(CCl)nc3c(Cl)cccc32)C1. The first-order valence-corrected chi connectivity index (χ1v) is 7.83. The number of benzene rings is 1. The number of rotatable bonds is 2. The molecule has 1 aliphatic carbocycles. The lowest BCUT2D eigenvalue weighted by atomic mass is 9.87. The molecule has 1 saturated carbocycles. The number of aromatic nitrogens is 2. The Labute approximate surface area is 123 Å². The van der Waals surface area contributed by atoms with Crippen LogP contribution in [0.3, 0.4) is 0 Å². The minimum Gasteiger partial charge on any atom is -0.324 e. The van der Waals surface area contributed by atoms with Crippen molar-refractivity contribution in [2.75, 3.05) is 0 Å². The molecule has 2 unspecified atom stereocenters. The van der Waals surface area contributed by atoms with Crippen molar-refractivity contribution in [1.29, 1.82) is 0 Å². The van der Waals surface area contributed by atoms with Crippen LogP contribution in [0.25, 0.3) is 11.0 Å². The molecule has 1 aromatic carbocycles. The summed E-state index contributed by atoms with van der Waals surface area (Å²) in [5.74, 6) is 2.16. The Bertz CT molecular complexity index is 591. The van der Waals surface area contributed by atoms with Crippen molar-refractivity contribution in [3.63, 3.8) is 0 Å². The van der Waals surface area contributed by atoms with Crippen molar-refractivity contribution < 1.29 is 0 Å². The molecule has 0 radical (unpaired) electrons. The average molecular weight is 297 g/mol. The van der Waals surface area contributed by atoms with E-state index in [0.717, 1.165) is 22.8 Å². The molecule has 2 nitrogen and oxygen atoms in total. The van der Waals surface area contributed by atoms with Gasteiger partial charge in [-0.25, -0.2) is 4.98 Å². The number of fused-ring (bicyclic) bond motifs is 1. The van der Waals surface area contributed by atoms with Gasteiger partial charge in [0.25, 0.3) is 0 Å². The molecule has 0 N–H and O–H groups in total. The zero-order valence-corrected chi connectivity index (χ0v) is 12.6. The first-order valence-electron chi connectivity index (χ1n) is 6.92. The predicted molar refractivity (Wildman–Crippen MR) is 81.0 cm³/mol. The molecule has 4 heteroatoms. The van der Waals surface area contributed by atoms with E-state index in [0.29, 0.717) is 16.9 Å². The van der Waals surface area contributed by atoms with Crippen LogP contribution in [-0.4, -0.2) is 9.55 Å². The molecule has 1 aliphatic rings. The topological polar surface area (TPSA) is 17.8 Å². The highest BCUT2D eigenvalue weighted by atomic mass is 35.5. The maximum Gasteiger partial charge on any atom is 0.125 e. The average Bonchev–Trinajstić information content (AvgIpc) is 2.78. The summed E-state index contributed by atoms with van der Waals surface area (Å²) in [6.07, 6.45) is 5.04. The number of nitrogens with zero attached hydrogens (tertiary/aromatic N) is 2. The molecule has 102 valence electrons. The molecule has 2 atom stereocenters. The van der Waals surface area contributed by atoms with E-state index in [-0.39, 0.29) is 0 Å². The van der Waals surface area contributed by atoms with Gasteiger partial charge < -0.3 is 4.57 Å². The van der Waals surface area contributed by atoms with Crippen molar-refractivity contribution in [3.05, 3.63) is 29.0 Å². The second-order valence-corrected chi connectivity index (χ2v) is 6.24. The number of hydrogen-bond donors (Lipinski definition) is 0. The molecule has 1 aromatic heterocycles. The number of halogens is 2. The molecule has 0 saturated heterocycles. The molecule has 1 heterocycles. The van der Waals surface area contributed by atoms with Crippen LogP contribution in [-0.2, 0) is 5.88 Å². The van der Waals surface area contributed by atoms with E-state index in [2.05, 4.69) is 22.5 Å². The molecular formula is C15H18Cl2N2. The predicted octanol–water partition coefficient (Wildman–Crippen LogP) is 5.18. The Morgan fingerprint density at radius 3 is 2.95 bits per heavy atom. The van der Waals surface area contributed by atoms with Gasteiger partial charge in [-0.1, -0.05) is 37.4 Å². The van der Waals surface area contributed by atoms with Crippen LogP contribution in [0.4, 0.5) is 0 Å². The molecule has 3 rings (SSSR count). The van der Waals surface area contributed by atoms with E-state index in [1.165, 1.54) is 25.7 Å². The van der Waals surface area contributed by atoms with Gasteiger partial charge in [0.05, 0.1) is 16.4 Å². The van der Waals surface area contributed by atoms with Crippen LogP contribution in [0.15, 0.2) is 18.2 Å². The van der Waals surface area contributed by atoms with Gasteiger partial charge in [0.15, 0.2) is 0 Å². The third-order valence-electron chi connectivity index (χ3n) is 4.14. The van der Waals surface area contributed by atoms with E-state index in [9.17, 15) is 0 Å². The van der Waals surface area contributed by atoms with Crippen LogP contribution in [0.2, 0.25) is 5.02 Å². The minimum absolute atomic E-state index is 0.440. The fourth-order valence-corrected chi connectivity index (χ4v) is 3.67. The highest BCUT2D eigenvalue weighted by molar-refractivity contribution is 6.35. The highest BCUT2D eigenvalue weighted by Gasteiger charge is 2.24. The van der Waals surface area contributed by atoms with Gasteiger partial charge in [0.2, 0.25) is 0 Å². The highest BCUT2D eigenvalue weighted by Crippen LogP contribution is 2.36. The molecule has 0 aliphatic heterocycles. The molecule has 0 spiro atoms. The van der Waals surface area contributed by atoms with Gasteiger partial charge >= 0.3 is 0 Å². The van der Waals surface area contributed by atoms with Gasteiger partial charge in [-0.2, -0.15) is 0 Å². The van der Waals surface area contributed by atoms with Crippen LogP contribution in [0.5, 0.6) is 0 Å². The second kappa shape index (κ2) is 5.34. The lowest BCUT2D eigenvalue weighted by Gasteiger charge is -2.29. The van der Waals surface area contributed by atoms with Crippen molar-refractivity contribution in [2.45, 2.75) is 44.5 Å². The molecule has 1 fully saturated rings. The molecule has 0 bridgehead atoms. The van der Waals surface area contributed by atoms with Gasteiger partial charge in [0.1, 0.15) is 11.3 Å². The standard InChI is InChI=1S/C15H18Cl2N2/c1-10-4-2-5-11(8-10)19-13-7-3-6-12(17)15(13)18-14(19)9-16/h3,6-7,10-11H,2,4-5,8-9H2,1H3. The number of hydrogen-bond acceptors (Lipinski definition) is 1. The number of para-hydroxylation sites is 1. The largest absolute Gasteiger partial charge is 0.324 e. The quantitative estimate of drug-likeness (QED) is 0.698. The van der Waals surface area contributed by atoms with E-state index in [4.69, 9.17) is 23.2 Å². The summed E-state index contributed by atoms with van der Waals surface area (Å²) in [5.41, 5.74) is 2.01. The minimum atomic E-state index is 0.440. The van der Waals surface area contributed by atoms with Gasteiger partial charge in [-0.05, 0) is 30.9 Å². The third-order valence-corrected chi connectivity index (χ3v) is 4.68. The van der Waals surface area contributed by atoms with Crippen LogP contribution < -0.4 is 0 Å². The normalized spacial score (nSPS) is 23.9. The maximum absolute atomic E-state index is 6.25. The van der Waals surface area contributed by atoms with Gasteiger partial charge in [-0.3, -0.25) is 0 Å². The fraction of sp³-hybridized carbons (Fsp3) is 0.533. The van der Waals surface area contributed by atoms with Crippen molar-refractivity contribution in [2.24, 2.45) is 5.92 Å². The Kier molecular flexibility index (Phi) is 3.72. The van der Waals surface area contributed by atoms with E-state index < -0.39 is 0 Å². The lowest BCUT2D eigenvalue weighted by Crippen LogP contribution is -2.19. The second-order valence-electron chi connectivity index (χ2n) is 5.56. The van der Waals surface area contributed by atoms with Gasteiger partial charge in [0, 0.05) is 6.04 Å². The Morgan fingerprint density at radius 2 is 2.21 bits per heavy atom. The van der Waals surface area contributed by atoms with Crippen LogP contribution >= 0.6 is 23.2 Å². The van der Waals surface area contributed by atoms with Crippen molar-refractivity contribution in [3.8, 4) is 0 Å². The number of imidazole rings is 1. The van der Waals surface area contributed by atoms with Crippen molar-refractivity contribution in [1.82, 2.24) is 9.55 Å². The molecule has 0 amide bonds. The first-order chi connectivity index (χ1) is 9.20. The first kappa shape index (κ1) is 13.3. The van der Waals surface area contributed by atoms with Crippen molar-refractivity contribution >= 4 is 34.2 Å².